The summed E-state index contributed by atoms with van der Waals surface area (Å²) in [6.07, 6.45) is 10.6. The Labute approximate surface area is 200 Å². The summed E-state index contributed by atoms with van der Waals surface area (Å²) in [6, 6.07) is 12.0. The summed E-state index contributed by atoms with van der Waals surface area (Å²) in [6.45, 7) is 2.09. The average molecular weight is 429 g/mol. The third kappa shape index (κ3) is 5.68. The van der Waals surface area contributed by atoms with E-state index in [1.165, 1.54) is 17.8 Å². The molecule has 0 amide bonds. The molecule has 0 radical (unpaired) electrons. The van der Waals surface area contributed by atoms with Crippen molar-refractivity contribution in [3.05, 3.63) is 60.0 Å². The van der Waals surface area contributed by atoms with E-state index < -0.39 is 0 Å². The summed E-state index contributed by atoms with van der Waals surface area (Å²) >= 11 is 2.98. The zero-order valence-electron chi connectivity index (χ0n) is 16.0. The number of hydrogen-bond acceptors (Lipinski definition) is 7. The third-order valence-corrected chi connectivity index (χ3v) is 6.71. The SMILES string of the molecule is N#CN1CC2CC2C1.O=[C-]c1ncc(-c2ccncc2Sc2ccccc2)s1.[Na+]. The van der Waals surface area contributed by atoms with Crippen molar-refractivity contribution >= 4 is 29.4 Å². The van der Waals surface area contributed by atoms with Gasteiger partial charge in [-0.05, 0) is 41.5 Å². The fourth-order valence-corrected chi connectivity index (χ4v) is 4.97. The molecule has 3 heterocycles. The van der Waals surface area contributed by atoms with Crippen LogP contribution < -0.4 is 29.6 Å². The van der Waals surface area contributed by atoms with Gasteiger partial charge in [-0.15, -0.1) is 0 Å². The molecule has 1 saturated heterocycles. The molecule has 2 unspecified atom stereocenters. The number of carbonyl (C=O) groups excluding carboxylic acids is 1. The molecule has 0 bridgehead atoms. The van der Waals surface area contributed by atoms with Crippen molar-refractivity contribution in [2.75, 3.05) is 13.1 Å². The zero-order chi connectivity index (χ0) is 19.3. The first-order valence-electron chi connectivity index (χ1n) is 8.92. The second kappa shape index (κ2) is 10.4. The number of thiazole rings is 1. The molecule has 1 aliphatic carbocycles. The first kappa shape index (κ1) is 22.0. The van der Waals surface area contributed by atoms with Gasteiger partial charge in [-0.2, -0.15) is 16.6 Å². The van der Waals surface area contributed by atoms with Crippen LogP contribution in [0.5, 0.6) is 0 Å². The maximum atomic E-state index is 10.6. The Morgan fingerprint density at radius 3 is 2.55 bits per heavy atom. The number of benzene rings is 1. The van der Waals surface area contributed by atoms with Gasteiger partial charge in [0.1, 0.15) is 0 Å². The third-order valence-electron chi connectivity index (χ3n) is 4.73. The fraction of sp³-hybridized carbons (Fsp3) is 0.238. The van der Waals surface area contributed by atoms with E-state index in [9.17, 15) is 4.79 Å². The molecule has 2 aromatic heterocycles. The molecule has 5 rings (SSSR count). The van der Waals surface area contributed by atoms with Crippen LogP contribution in [0.2, 0.25) is 0 Å². The smallest absolute Gasteiger partial charge is 0.535 e. The van der Waals surface area contributed by atoms with Gasteiger partial charge in [-0.25, -0.2) is 6.29 Å². The Morgan fingerprint density at radius 1 is 1.17 bits per heavy atom. The Hall–Kier alpha value is -1.69. The number of rotatable bonds is 4. The molecule has 5 nitrogen and oxygen atoms in total. The molecule has 0 spiro atoms. The Balaban J connectivity index is 0.000000223. The van der Waals surface area contributed by atoms with Crippen molar-refractivity contribution in [1.82, 2.24) is 14.9 Å². The van der Waals surface area contributed by atoms with Crippen LogP contribution in [-0.2, 0) is 4.79 Å². The van der Waals surface area contributed by atoms with E-state index in [1.807, 2.05) is 41.6 Å². The largest absolute Gasteiger partial charge is 1.00 e. The molecule has 2 aliphatic rings. The summed E-state index contributed by atoms with van der Waals surface area (Å²) < 4.78 is 0. The molecule has 8 heteroatoms. The van der Waals surface area contributed by atoms with Crippen molar-refractivity contribution < 1.29 is 34.4 Å². The number of likely N-dealkylation sites (tertiary alicyclic amines) is 1. The second-order valence-corrected chi connectivity index (χ2v) is 8.83. The topological polar surface area (TPSA) is 69.9 Å². The van der Waals surface area contributed by atoms with Gasteiger partial charge in [0.2, 0.25) is 0 Å². The second-order valence-electron chi connectivity index (χ2n) is 6.68. The Morgan fingerprint density at radius 2 is 1.93 bits per heavy atom. The molecule has 3 aromatic rings. The number of pyridine rings is 1. The maximum Gasteiger partial charge on any atom is 1.00 e. The van der Waals surface area contributed by atoms with E-state index in [1.54, 1.807) is 24.2 Å². The van der Waals surface area contributed by atoms with Crippen molar-refractivity contribution in [1.29, 1.82) is 5.26 Å². The molecule has 140 valence electrons. The van der Waals surface area contributed by atoms with E-state index >= 15 is 0 Å². The van der Waals surface area contributed by atoms with Gasteiger partial charge in [-0.3, -0.25) is 9.97 Å². The summed E-state index contributed by atoms with van der Waals surface area (Å²) in [5.74, 6) is 1.80. The molecule has 0 N–H and O–H groups in total. The van der Waals surface area contributed by atoms with E-state index in [-0.39, 0.29) is 29.6 Å². The number of nitrogens with zero attached hydrogens (tertiary/aromatic N) is 4. The molecular weight excluding hydrogens is 411 g/mol. The summed E-state index contributed by atoms with van der Waals surface area (Å²) in [5, 5.41) is 8.75. The minimum Gasteiger partial charge on any atom is -0.535 e. The number of piperidine rings is 1. The zero-order valence-corrected chi connectivity index (χ0v) is 19.6. The minimum atomic E-state index is 0. The summed E-state index contributed by atoms with van der Waals surface area (Å²) in [5.41, 5.74) is 1.04. The first-order valence-corrected chi connectivity index (χ1v) is 10.6. The van der Waals surface area contributed by atoms with Crippen LogP contribution in [0, 0.1) is 23.3 Å². The van der Waals surface area contributed by atoms with Gasteiger partial charge in [0.05, 0.1) is 4.88 Å². The van der Waals surface area contributed by atoms with Gasteiger partial charge in [0.15, 0.2) is 6.19 Å². The number of aromatic nitrogens is 2. The van der Waals surface area contributed by atoms with E-state index in [4.69, 9.17) is 5.26 Å². The van der Waals surface area contributed by atoms with Crippen LogP contribution in [0.1, 0.15) is 11.4 Å². The molecule has 1 aromatic carbocycles. The van der Waals surface area contributed by atoms with Crippen molar-refractivity contribution in [2.45, 2.75) is 16.2 Å². The van der Waals surface area contributed by atoms with E-state index in [0.29, 0.717) is 5.01 Å². The monoisotopic (exact) mass is 428 g/mol. The quantitative estimate of drug-likeness (QED) is 0.354. The molecule has 1 aliphatic heterocycles. The summed E-state index contributed by atoms with van der Waals surface area (Å²) in [4.78, 5) is 23.8. The van der Waals surface area contributed by atoms with Crippen molar-refractivity contribution in [2.24, 2.45) is 11.8 Å². The Bertz CT molecular complexity index is 995. The van der Waals surface area contributed by atoms with Crippen molar-refractivity contribution in [3.8, 4) is 16.6 Å². The van der Waals surface area contributed by atoms with Gasteiger partial charge in [0, 0.05) is 47.0 Å². The normalized spacial score (nSPS) is 18.5. The van der Waals surface area contributed by atoms with Gasteiger partial charge >= 0.3 is 29.6 Å². The fourth-order valence-electron chi connectivity index (χ4n) is 3.21. The van der Waals surface area contributed by atoms with Crippen LogP contribution in [0.3, 0.4) is 0 Å². The predicted molar refractivity (Wildman–Crippen MR) is 109 cm³/mol. The molecule has 2 atom stereocenters. The van der Waals surface area contributed by atoms with Crippen LogP contribution in [-0.4, -0.2) is 34.2 Å². The number of fused-ring (bicyclic) bond motifs is 1. The predicted octanol–water partition coefficient (Wildman–Crippen LogP) is 1.24. The number of hydrogen-bond donors (Lipinski definition) is 0. The van der Waals surface area contributed by atoms with Crippen LogP contribution >= 0.6 is 23.1 Å². The minimum absolute atomic E-state index is 0. The first-order chi connectivity index (χ1) is 13.8. The van der Waals surface area contributed by atoms with Gasteiger partial charge < -0.3 is 9.69 Å². The average Bonchev–Trinajstić information content (AvgIpc) is 3.14. The molecule has 2 fully saturated rings. The Kier molecular flexibility index (Phi) is 7.87. The number of nitriles is 1. The van der Waals surface area contributed by atoms with Crippen LogP contribution in [0.25, 0.3) is 10.4 Å². The molecule has 29 heavy (non-hydrogen) atoms. The van der Waals surface area contributed by atoms with E-state index in [0.717, 1.165) is 45.2 Å². The maximum absolute atomic E-state index is 10.6. The van der Waals surface area contributed by atoms with Gasteiger partial charge in [-0.1, -0.05) is 30.0 Å². The van der Waals surface area contributed by atoms with Gasteiger partial charge in [0.25, 0.3) is 0 Å². The van der Waals surface area contributed by atoms with E-state index in [2.05, 4.69) is 28.3 Å². The molecular formula is C21H17N4NaOS2. The van der Waals surface area contributed by atoms with Crippen molar-refractivity contribution in [3.63, 3.8) is 0 Å². The van der Waals surface area contributed by atoms with Crippen LogP contribution in [0.4, 0.5) is 0 Å². The van der Waals surface area contributed by atoms with Crippen LogP contribution in [0.15, 0.2) is 64.8 Å². The standard InChI is InChI=1S/C15H9N2OS2.C6H8N2.Na/c18-10-15-17-9-14(20-15)12-6-7-16-8-13(12)19-11-4-2-1-3-5-11;7-4-8-2-5-1-6(5)3-8;/h1-9H;5-6H,1-3H2;/q-1;;+1. The molecule has 1 saturated carbocycles. The summed E-state index contributed by atoms with van der Waals surface area (Å²) in [7, 11) is 0.